The number of likely N-dealkylation sites (N-methyl/N-ethyl adjacent to an activating group) is 1. The summed E-state index contributed by atoms with van der Waals surface area (Å²) in [6.07, 6.45) is 0. The Hall–Kier alpha value is -1.82. The van der Waals surface area contributed by atoms with Crippen LogP contribution in [0.2, 0.25) is 0 Å². The maximum Gasteiger partial charge on any atom is 0.292 e. The van der Waals surface area contributed by atoms with Gasteiger partial charge < -0.3 is 15.5 Å². The first kappa shape index (κ1) is 15.2. The average Bonchev–Trinajstić information content (AvgIpc) is 2.41. The molecule has 0 amide bonds. The number of piperazine rings is 1. The number of nitro benzene ring substituents is 1. The standard InChI is InChI=1S/C11H16N4O2.C2H6/c1-13-4-6-14(7-5-13)9-2-3-11(15(16)17)10(12)8-9;1-2/h2-3,8H,4-7,12H2,1H3;1-2H3. The lowest BCUT2D eigenvalue weighted by atomic mass is 10.2. The molecular formula is C13H22N4O2. The number of anilines is 2. The predicted octanol–water partition coefficient (Wildman–Crippen LogP) is 1.96. The summed E-state index contributed by atoms with van der Waals surface area (Å²) in [6.45, 7) is 7.84. The maximum absolute atomic E-state index is 10.7. The van der Waals surface area contributed by atoms with E-state index in [-0.39, 0.29) is 11.4 Å². The molecular weight excluding hydrogens is 244 g/mol. The predicted molar refractivity (Wildman–Crippen MR) is 78.6 cm³/mol. The Balaban J connectivity index is 0.000000861. The van der Waals surface area contributed by atoms with Crippen molar-refractivity contribution in [2.24, 2.45) is 0 Å². The first-order chi connectivity index (χ1) is 9.08. The number of rotatable bonds is 2. The Kier molecular flexibility index (Phi) is 5.57. The Morgan fingerprint density at radius 3 is 2.26 bits per heavy atom. The lowest BCUT2D eigenvalue weighted by Gasteiger charge is -2.34. The van der Waals surface area contributed by atoms with Crippen molar-refractivity contribution in [1.29, 1.82) is 0 Å². The number of hydrogen-bond acceptors (Lipinski definition) is 5. The van der Waals surface area contributed by atoms with E-state index in [1.54, 1.807) is 12.1 Å². The quantitative estimate of drug-likeness (QED) is 0.503. The number of hydrogen-bond donors (Lipinski definition) is 1. The topological polar surface area (TPSA) is 75.6 Å². The summed E-state index contributed by atoms with van der Waals surface area (Å²) in [5.74, 6) is 0. The molecule has 2 rings (SSSR count). The molecule has 0 aromatic heterocycles. The summed E-state index contributed by atoms with van der Waals surface area (Å²) in [6, 6.07) is 4.92. The van der Waals surface area contributed by atoms with Gasteiger partial charge in [0.15, 0.2) is 0 Å². The molecule has 1 fully saturated rings. The van der Waals surface area contributed by atoms with E-state index in [0.717, 1.165) is 31.9 Å². The van der Waals surface area contributed by atoms with Crippen molar-refractivity contribution in [3.63, 3.8) is 0 Å². The maximum atomic E-state index is 10.7. The van der Waals surface area contributed by atoms with E-state index in [4.69, 9.17) is 5.73 Å². The Bertz CT molecular complexity index is 429. The largest absolute Gasteiger partial charge is 0.393 e. The van der Waals surface area contributed by atoms with Crippen LogP contribution >= 0.6 is 0 Å². The molecule has 0 bridgehead atoms. The molecule has 6 nitrogen and oxygen atoms in total. The molecule has 0 atom stereocenters. The summed E-state index contributed by atoms with van der Waals surface area (Å²) in [7, 11) is 2.08. The number of nitrogens with two attached hydrogens (primary N) is 1. The van der Waals surface area contributed by atoms with Crippen molar-refractivity contribution in [2.45, 2.75) is 13.8 Å². The zero-order valence-corrected chi connectivity index (χ0v) is 11.8. The van der Waals surface area contributed by atoms with E-state index in [1.165, 1.54) is 6.07 Å². The first-order valence-electron chi connectivity index (χ1n) is 6.55. The molecule has 1 aromatic carbocycles. The van der Waals surface area contributed by atoms with E-state index in [2.05, 4.69) is 16.8 Å². The van der Waals surface area contributed by atoms with E-state index >= 15 is 0 Å². The second-order valence-electron chi connectivity index (χ2n) is 4.29. The summed E-state index contributed by atoms with van der Waals surface area (Å²) >= 11 is 0. The summed E-state index contributed by atoms with van der Waals surface area (Å²) in [5, 5.41) is 10.7. The van der Waals surface area contributed by atoms with Crippen LogP contribution in [-0.4, -0.2) is 43.0 Å². The fraction of sp³-hybridized carbons (Fsp3) is 0.538. The smallest absolute Gasteiger partial charge is 0.292 e. The van der Waals surface area contributed by atoms with Gasteiger partial charge in [0, 0.05) is 37.9 Å². The molecule has 0 spiro atoms. The number of benzene rings is 1. The van der Waals surface area contributed by atoms with E-state index in [1.807, 2.05) is 13.8 Å². The van der Waals surface area contributed by atoms with Crippen molar-refractivity contribution in [3.8, 4) is 0 Å². The van der Waals surface area contributed by atoms with Crippen LogP contribution in [0, 0.1) is 10.1 Å². The van der Waals surface area contributed by atoms with Crippen LogP contribution in [0.3, 0.4) is 0 Å². The minimum absolute atomic E-state index is 0.0251. The lowest BCUT2D eigenvalue weighted by molar-refractivity contribution is -0.383. The highest BCUT2D eigenvalue weighted by atomic mass is 16.6. The van der Waals surface area contributed by atoms with Crippen LogP contribution in [0.15, 0.2) is 18.2 Å². The summed E-state index contributed by atoms with van der Waals surface area (Å²) in [4.78, 5) is 14.7. The van der Waals surface area contributed by atoms with Crippen LogP contribution in [0.4, 0.5) is 17.1 Å². The van der Waals surface area contributed by atoms with E-state index in [9.17, 15) is 10.1 Å². The molecule has 0 aliphatic carbocycles. The Labute approximate surface area is 113 Å². The molecule has 106 valence electrons. The van der Waals surface area contributed by atoms with Gasteiger partial charge in [-0.3, -0.25) is 10.1 Å². The summed E-state index contributed by atoms with van der Waals surface area (Å²) < 4.78 is 0. The molecule has 0 unspecified atom stereocenters. The molecule has 1 aromatic rings. The van der Waals surface area contributed by atoms with Gasteiger partial charge in [0.05, 0.1) is 4.92 Å². The van der Waals surface area contributed by atoms with Gasteiger partial charge >= 0.3 is 0 Å². The van der Waals surface area contributed by atoms with Crippen LogP contribution < -0.4 is 10.6 Å². The summed E-state index contributed by atoms with van der Waals surface area (Å²) in [5.41, 5.74) is 6.84. The molecule has 6 heteroatoms. The van der Waals surface area contributed by atoms with Gasteiger partial charge in [-0.15, -0.1) is 0 Å². The molecule has 0 saturated carbocycles. The lowest BCUT2D eigenvalue weighted by Crippen LogP contribution is -2.44. The first-order valence-corrected chi connectivity index (χ1v) is 6.55. The molecule has 1 aliphatic heterocycles. The minimum Gasteiger partial charge on any atom is -0.393 e. The molecule has 0 radical (unpaired) electrons. The molecule has 19 heavy (non-hydrogen) atoms. The highest BCUT2D eigenvalue weighted by molar-refractivity contribution is 5.66. The van der Waals surface area contributed by atoms with Crippen LogP contribution in [0.25, 0.3) is 0 Å². The third-order valence-electron chi connectivity index (χ3n) is 3.08. The molecule has 1 heterocycles. The van der Waals surface area contributed by atoms with Gasteiger partial charge in [0.1, 0.15) is 5.69 Å². The van der Waals surface area contributed by atoms with Gasteiger partial charge in [-0.2, -0.15) is 0 Å². The zero-order chi connectivity index (χ0) is 14.4. The normalized spacial score (nSPS) is 15.6. The second kappa shape index (κ2) is 6.94. The van der Waals surface area contributed by atoms with Gasteiger partial charge in [-0.05, 0) is 19.2 Å². The van der Waals surface area contributed by atoms with Crippen molar-refractivity contribution in [1.82, 2.24) is 4.90 Å². The van der Waals surface area contributed by atoms with Crippen molar-refractivity contribution in [3.05, 3.63) is 28.3 Å². The molecule has 1 saturated heterocycles. The van der Waals surface area contributed by atoms with Gasteiger partial charge in [-0.1, -0.05) is 13.8 Å². The third-order valence-corrected chi connectivity index (χ3v) is 3.08. The zero-order valence-electron chi connectivity index (χ0n) is 11.8. The number of nitro groups is 1. The fourth-order valence-electron chi connectivity index (χ4n) is 1.97. The molecule has 1 aliphatic rings. The van der Waals surface area contributed by atoms with Crippen molar-refractivity contribution in [2.75, 3.05) is 43.9 Å². The fourth-order valence-corrected chi connectivity index (χ4v) is 1.97. The van der Waals surface area contributed by atoms with E-state index < -0.39 is 4.92 Å². The third kappa shape index (κ3) is 3.82. The van der Waals surface area contributed by atoms with Crippen LogP contribution in [0.1, 0.15) is 13.8 Å². The SMILES string of the molecule is CC.CN1CCN(c2ccc([N+](=O)[O-])c(N)c2)CC1. The minimum atomic E-state index is -0.455. The average molecular weight is 266 g/mol. The highest BCUT2D eigenvalue weighted by Gasteiger charge is 2.17. The van der Waals surface area contributed by atoms with Crippen molar-refractivity contribution >= 4 is 17.1 Å². The number of nitrogens with zero attached hydrogens (tertiary/aromatic N) is 3. The van der Waals surface area contributed by atoms with E-state index in [0.29, 0.717) is 0 Å². The number of nitrogen functional groups attached to an aromatic ring is 1. The van der Waals surface area contributed by atoms with Crippen molar-refractivity contribution < 1.29 is 4.92 Å². The van der Waals surface area contributed by atoms with Crippen LogP contribution in [-0.2, 0) is 0 Å². The van der Waals surface area contributed by atoms with Gasteiger partial charge in [-0.25, -0.2) is 0 Å². The second-order valence-corrected chi connectivity index (χ2v) is 4.29. The van der Waals surface area contributed by atoms with Gasteiger partial charge in [0.2, 0.25) is 0 Å². The highest BCUT2D eigenvalue weighted by Crippen LogP contribution is 2.27. The Morgan fingerprint density at radius 2 is 1.79 bits per heavy atom. The van der Waals surface area contributed by atoms with Crippen LogP contribution in [0.5, 0.6) is 0 Å². The molecule has 2 N–H and O–H groups in total. The van der Waals surface area contributed by atoms with Gasteiger partial charge in [0.25, 0.3) is 5.69 Å². The Morgan fingerprint density at radius 1 is 1.21 bits per heavy atom. The monoisotopic (exact) mass is 266 g/mol.